The van der Waals surface area contributed by atoms with Gasteiger partial charge in [0.25, 0.3) is 0 Å². The number of nitrogens with one attached hydrogen (secondary N) is 1. The molecule has 0 heterocycles. The molecule has 1 aromatic rings. The summed E-state index contributed by atoms with van der Waals surface area (Å²) in [7, 11) is 0. The molecular formula is C8H7F2NS. The van der Waals surface area contributed by atoms with Gasteiger partial charge in [-0.25, -0.2) is 8.78 Å². The largest absolute Gasteiger partial charge is 0.345 e. The fraction of sp³-hybridized carbons (Fsp3) is 0.125. The molecule has 0 amide bonds. The monoisotopic (exact) mass is 187 g/mol. The van der Waals surface area contributed by atoms with Crippen LogP contribution in [0.5, 0.6) is 0 Å². The third-order valence-corrected chi connectivity index (χ3v) is 1.37. The van der Waals surface area contributed by atoms with Crippen LogP contribution < -0.4 is 5.32 Å². The van der Waals surface area contributed by atoms with Crippen LogP contribution in [0.1, 0.15) is 6.92 Å². The highest BCUT2D eigenvalue weighted by atomic mass is 32.1. The maximum absolute atomic E-state index is 12.8. The summed E-state index contributed by atoms with van der Waals surface area (Å²) in [5.74, 6) is -1.28. The van der Waals surface area contributed by atoms with Crippen LogP contribution in [0.4, 0.5) is 14.5 Å². The quantitative estimate of drug-likeness (QED) is 0.678. The van der Waals surface area contributed by atoms with Gasteiger partial charge in [-0.3, -0.25) is 0 Å². The van der Waals surface area contributed by atoms with Gasteiger partial charge < -0.3 is 5.32 Å². The fourth-order valence-corrected chi connectivity index (χ4v) is 0.895. The first kappa shape index (κ1) is 9.06. The van der Waals surface area contributed by atoms with Crippen molar-refractivity contribution in [3.8, 4) is 0 Å². The zero-order chi connectivity index (χ0) is 9.14. The van der Waals surface area contributed by atoms with Gasteiger partial charge in [0.1, 0.15) is 17.3 Å². The van der Waals surface area contributed by atoms with E-state index in [4.69, 9.17) is 0 Å². The van der Waals surface area contributed by atoms with Crippen LogP contribution in [0.3, 0.4) is 0 Å². The molecule has 0 bridgehead atoms. The molecule has 0 atom stereocenters. The Labute approximate surface area is 74.4 Å². The summed E-state index contributed by atoms with van der Waals surface area (Å²) in [4.78, 5) is 0.332. The Hall–Kier alpha value is -1.03. The van der Waals surface area contributed by atoms with Crippen LogP contribution >= 0.6 is 12.2 Å². The lowest BCUT2D eigenvalue weighted by atomic mass is 10.3. The summed E-state index contributed by atoms with van der Waals surface area (Å²) in [6, 6.07) is 3.64. The smallest absolute Gasteiger partial charge is 0.149 e. The maximum Gasteiger partial charge on any atom is 0.149 e. The van der Waals surface area contributed by atoms with Gasteiger partial charge >= 0.3 is 0 Å². The number of halogens is 2. The number of benzene rings is 1. The number of thiocarbonyl (C=S) groups is 1. The predicted octanol–water partition coefficient (Wildman–Crippen LogP) is 2.72. The Morgan fingerprint density at radius 1 is 1.33 bits per heavy atom. The summed E-state index contributed by atoms with van der Waals surface area (Å²) in [5, 5.41) is 2.42. The number of anilines is 1. The van der Waals surface area contributed by atoms with Gasteiger partial charge in [0.05, 0.1) is 4.99 Å². The molecule has 4 heteroatoms. The van der Waals surface area contributed by atoms with Gasteiger partial charge in [-0.1, -0.05) is 18.3 Å². The number of hydrogen-bond acceptors (Lipinski definition) is 1. The molecule has 0 spiro atoms. The van der Waals surface area contributed by atoms with Gasteiger partial charge in [0.15, 0.2) is 0 Å². The van der Waals surface area contributed by atoms with Crippen molar-refractivity contribution in [2.75, 3.05) is 5.32 Å². The normalized spacial score (nSPS) is 9.58. The molecule has 0 saturated heterocycles. The van der Waals surface area contributed by atoms with Crippen molar-refractivity contribution in [3.05, 3.63) is 29.8 Å². The lowest BCUT2D eigenvalue weighted by Gasteiger charge is -2.05. The molecule has 0 radical (unpaired) electrons. The zero-order valence-electron chi connectivity index (χ0n) is 6.40. The van der Waals surface area contributed by atoms with Crippen molar-refractivity contribution >= 4 is 22.9 Å². The molecule has 0 aliphatic carbocycles. The standard InChI is InChI=1S/C8H7F2NS/c1-5(12)11-8-6(9)3-2-4-7(8)10/h2-4H,1H3,(H,11,12). The number of rotatable bonds is 1. The highest BCUT2D eigenvalue weighted by Crippen LogP contribution is 2.17. The summed E-state index contributed by atoms with van der Waals surface area (Å²) in [6.45, 7) is 1.56. The van der Waals surface area contributed by atoms with Crippen LogP contribution in [0.2, 0.25) is 0 Å². The third kappa shape index (κ3) is 1.98. The third-order valence-electron chi connectivity index (χ3n) is 1.26. The summed E-state index contributed by atoms with van der Waals surface area (Å²) in [5.41, 5.74) is -0.190. The summed E-state index contributed by atoms with van der Waals surface area (Å²) in [6.07, 6.45) is 0. The molecule has 12 heavy (non-hydrogen) atoms. The molecule has 1 N–H and O–H groups in total. The van der Waals surface area contributed by atoms with E-state index >= 15 is 0 Å². The molecule has 64 valence electrons. The molecule has 0 saturated carbocycles. The summed E-state index contributed by atoms with van der Waals surface area (Å²) >= 11 is 4.65. The highest BCUT2D eigenvalue weighted by Gasteiger charge is 2.06. The lowest BCUT2D eigenvalue weighted by molar-refractivity contribution is 0.591. The van der Waals surface area contributed by atoms with Gasteiger partial charge in [0.2, 0.25) is 0 Å². The van der Waals surface area contributed by atoms with E-state index in [0.29, 0.717) is 4.99 Å². The van der Waals surface area contributed by atoms with E-state index in [0.717, 1.165) is 0 Å². The summed E-state index contributed by atoms with van der Waals surface area (Å²) < 4.78 is 25.7. The average Bonchev–Trinajstić information content (AvgIpc) is 1.97. The van der Waals surface area contributed by atoms with Gasteiger partial charge in [-0.15, -0.1) is 0 Å². The zero-order valence-corrected chi connectivity index (χ0v) is 7.21. The fourth-order valence-electron chi connectivity index (χ4n) is 0.793. The minimum atomic E-state index is -0.640. The molecule has 0 aromatic heterocycles. The Morgan fingerprint density at radius 2 is 1.83 bits per heavy atom. The molecule has 0 aliphatic heterocycles. The van der Waals surface area contributed by atoms with Gasteiger partial charge in [-0.05, 0) is 19.1 Å². The van der Waals surface area contributed by atoms with Crippen molar-refractivity contribution < 1.29 is 8.78 Å². The van der Waals surface area contributed by atoms with Gasteiger partial charge in [-0.2, -0.15) is 0 Å². The van der Waals surface area contributed by atoms with Crippen LogP contribution in [-0.4, -0.2) is 4.99 Å². The average molecular weight is 187 g/mol. The van der Waals surface area contributed by atoms with E-state index in [1.54, 1.807) is 6.92 Å². The minimum Gasteiger partial charge on any atom is -0.345 e. The van der Waals surface area contributed by atoms with Crippen LogP contribution in [0, 0.1) is 11.6 Å². The lowest BCUT2D eigenvalue weighted by Crippen LogP contribution is -2.07. The molecule has 0 unspecified atom stereocenters. The predicted molar refractivity (Wildman–Crippen MR) is 48.3 cm³/mol. The number of hydrogen-bond donors (Lipinski definition) is 1. The van der Waals surface area contributed by atoms with E-state index in [2.05, 4.69) is 17.5 Å². The van der Waals surface area contributed by atoms with Crippen LogP contribution in [0.25, 0.3) is 0 Å². The second-order valence-electron chi connectivity index (χ2n) is 2.28. The van der Waals surface area contributed by atoms with Crippen molar-refractivity contribution in [1.82, 2.24) is 0 Å². The second kappa shape index (κ2) is 3.58. The molecular weight excluding hydrogens is 180 g/mol. The molecule has 0 aliphatic rings. The first-order chi connectivity index (χ1) is 5.61. The van der Waals surface area contributed by atoms with Gasteiger partial charge in [0, 0.05) is 0 Å². The Bertz CT molecular complexity index is 292. The molecule has 1 aromatic carbocycles. The van der Waals surface area contributed by atoms with Crippen molar-refractivity contribution in [1.29, 1.82) is 0 Å². The van der Waals surface area contributed by atoms with E-state index in [1.165, 1.54) is 18.2 Å². The second-order valence-corrected chi connectivity index (χ2v) is 2.89. The van der Waals surface area contributed by atoms with Crippen molar-refractivity contribution in [2.24, 2.45) is 0 Å². The van der Waals surface area contributed by atoms with Crippen LogP contribution in [-0.2, 0) is 0 Å². The van der Waals surface area contributed by atoms with E-state index in [1.807, 2.05) is 0 Å². The van der Waals surface area contributed by atoms with E-state index < -0.39 is 11.6 Å². The first-order valence-corrected chi connectivity index (χ1v) is 3.73. The Morgan fingerprint density at radius 3 is 2.25 bits per heavy atom. The minimum absolute atomic E-state index is 0.190. The molecule has 1 nitrogen and oxygen atoms in total. The van der Waals surface area contributed by atoms with Crippen molar-refractivity contribution in [2.45, 2.75) is 6.92 Å². The Kier molecular flexibility index (Phi) is 2.70. The van der Waals surface area contributed by atoms with E-state index in [-0.39, 0.29) is 5.69 Å². The topological polar surface area (TPSA) is 12.0 Å². The van der Waals surface area contributed by atoms with E-state index in [9.17, 15) is 8.78 Å². The van der Waals surface area contributed by atoms with Crippen LogP contribution in [0.15, 0.2) is 18.2 Å². The maximum atomic E-state index is 12.8. The Balaban J connectivity index is 3.04. The first-order valence-electron chi connectivity index (χ1n) is 3.33. The molecule has 1 rings (SSSR count). The molecule has 0 fully saturated rings. The van der Waals surface area contributed by atoms with Crippen molar-refractivity contribution in [3.63, 3.8) is 0 Å². The SMILES string of the molecule is CC(=S)Nc1c(F)cccc1F. The number of para-hydroxylation sites is 1. The highest BCUT2D eigenvalue weighted by molar-refractivity contribution is 7.80.